The van der Waals surface area contributed by atoms with E-state index in [1.807, 2.05) is 0 Å². The zero-order valence-corrected chi connectivity index (χ0v) is 26.7. The van der Waals surface area contributed by atoms with Gasteiger partial charge in [-0.1, -0.05) is 84.9 Å². The van der Waals surface area contributed by atoms with Crippen LogP contribution in [0.5, 0.6) is 11.5 Å². The fraction of sp³-hybridized carbons (Fsp3) is 0. The highest BCUT2D eigenvalue weighted by atomic mass is 16.5. The normalized spacial score (nSPS) is 12.6. The molecule has 0 saturated carbocycles. The SMILES string of the molecule is c1cc2c3c(cc4oc5cc(-n6c7ccccc7c7ccccc76)ccc5c4c3c1)-c1ccc(-n3c4ccccc4c4ccccc43)cc1O2. The number of rotatable bonds is 2. The first-order valence-electron chi connectivity index (χ1n) is 17.0. The number of ether oxygens (including phenoxy) is 1. The minimum Gasteiger partial charge on any atom is -0.456 e. The molecule has 0 aliphatic carbocycles. The van der Waals surface area contributed by atoms with Crippen molar-refractivity contribution in [1.29, 1.82) is 0 Å². The molecule has 1 aliphatic heterocycles. The average Bonchev–Trinajstić information content (AvgIpc) is 3.82. The van der Waals surface area contributed by atoms with Crippen molar-refractivity contribution in [2.24, 2.45) is 0 Å². The van der Waals surface area contributed by atoms with Crippen LogP contribution >= 0.6 is 0 Å². The number of benzene rings is 8. The van der Waals surface area contributed by atoms with Crippen LogP contribution in [0.2, 0.25) is 0 Å². The summed E-state index contributed by atoms with van der Waals surface area (Å²) in [7, 11) is 0. The molecule has 1 aliphatic rings. The molecule has 4 nitrogen and oxygen atoms in total. The highest BCUT2D eigenvalue weighted by Gasteiger charge is 2.25. The molecule has 50 heavy (non-hydrogen) atoms. The van der Waals surface area contributed by atoms with E-state index in [2.05, 4.69) is 167 Å². The molecule has 12 rings (SSSR count). The number of para-hydroxylation sites is 4. The molecule has 0 radical (unpaired) electrons. The largest absolute Gasteiger partial charge is 0.456 e. The Hall–Kier alpha value is -6.78. The summed E-state index contributed by atoms with van der Waals surface area (Å²) in [6.45, 7) is 0. The van der Waals surface area contributed by atoms with Crippen molar-refractivity contribution in [1.82, 2.24) is 9.13 Å². The standard InChI is InChI=1S/C46H26N2O2/c1-5-15-37-29(10-1)30-11-2-6-16-38(30)47(37)27-20-22-33-36-26-44-45(35-14-9-19-41(46(35)36)49-42(33)24-27)34-23-21-28(25-43(34)50-44)48-39-17-7-3-12-31(39)32-13-4-8-18-40(32)48/h1-26H. The maximum Gasteiger partial charge on any atom is 0.137 e. The molecule has 3 aromatic heterocycles. The first-order valence-corrected chi connectivity index (χ1v) is 17.0. The molecule has 0 fully saturated rings. The molecule has 8 aromatic carbocycles. The van der Waals surface area contributed by atoms with Gasteiger partial charge in [0, 0.05) is 72.3 Å². The summed E-state index contributed by atoms with van der Waals surface area (Å²) in [6.07, 6.45) is 0. The molecule has 0 saturated heterocycles. The van der Waals surface area contributed by atoms with Crippen molar-refractivity contribution in [3.8, 4) is 34.0 Å². The van der Waals surface area contributed by atoms with Crippen LogP contribution in [0.4, 0.5) is 0 Å². The van der Waals surface area contributed by atoms with Crippen molar-refractivity contribution in [2.45, 2.75) is 0 Å². The first-order chi connectivity index (χ1) is 24.8. The molecule has 0 amide bonds. The van der Waals surface area contributed by atoms with Crippen LogP contribution in [-0.2, 0) is 0 Å². The molecule has 11 aromatic rings. The van der Waals surface area contributed by atoms with E-state index in [1.165, 1.54) is 43.6 Å². The molecule has 4 heterocycles. The third-order valence-electron chi connectivity index (χ3n) is 10.7. The Balaban J connectivity index is 1.07. The monoisotopic (exact) mass is 638 g/mol. The van der Waals surface area contributed by atoms with Crippen LogP contribution in [0.25, 0.3) is 98.8 Å². The topological polar surface area (TPSA) is 32.2 Å². The van der Waals surface area contributed by atoms with Gasteiger partial charge in [0.05, 0.1) is 22.1 Å². The number of hydrogen-bond donors (Lipinski definition) is 0. The Morgan fingerprint density at radius 1 is 0.340 bits per heavy atom. The van der Waals surface area contributed by atoms with E-state index in [0.29, 0.717) is 0 Å². The lowest BCUT2D eigenvalue weighted by molar-refractivity contribution is 0.487. The lowest BCUT2D eigenvalue weighted by Gasteiger charge is -2.22. The third kappa shape index (κ3) is 3.34. The molecular weight excluding hydrogens is 613 g/mol. The Bertz CT molecular complexity index is 3140. The first kappa shape index (κ1) is 26.2. The second-order valence-electron chi connectivity index (χ2n) is 13.3. The maximum absolute atomic E-state index is 6.77. The van der Waals surface area contributed by atoms with Gasteiger partial charge in [0.15, 0.2) is 0 Å². The molecule has 0 atom stereocenters. The zero-order valence-electron chi connectivity index (χ0n) is 26.7. The summed E-state index contributed by atoms with van der Waals surface area (Å²) in [4.78, 5) is 0. The van der Waals surface area contributed by atoms with E-state index in [0.717, 1.165) is 66.7 Å². The van der Waals surface area contributed by atoms with E-state index in [1.54, 1.807) is 0 Å². The van der Waals surface area contributed by atoms with Gasteiger partial charge in [0.1, 0.15) is 22.7 Å². The Morgan fingerprint density at radius 2 is 0.880 bits per heavy atom. The van der Waals surface area contributed by atoms with Gasteiger partial charge in [-0.25, -0.2) is 0 Å². The summed E-state index contributed by atoms with van der Waals surface area (Å²) < 4.78 is 18.2. The van der Waals surface area contributed by atoms with E-state index in [9.17, 15) is 0 Å². The van der Waals surface area contributed by atoms with Crippen LogP contribution in [-0.4, -0.2) is 9.13 Å². The summed E-state index contributed by atoms with van der Waals surface area (Å²) >= 11 is 0. The zero-order chi connectivity index (χ0) is 32.5. The predicted molar refractivity (Wildman–Crippen MR) is 205 cm³/mol. The van der Waals surface area contributed by atoms with Crippen molar-refractivity contribution in [3.05, 3.63) is 158 Å². The van der Waals surface area contributed by atoms with Gasteiger partial charge in [0.25, 0.3) is 0 Å². The fourth-order valence-electron chi connectivity index (χ4n) is 8.62. The van der Waals surface area contributed by atoms with Gasteiger partial charge in [-0.05, 0) is 66.0 Å². The second-order valence-corrected chi connectivity index (χ2v) is 13.3. The van der Waals surface area contributed by atoms with Gasteiger partial charge in [-0.3, -0.25) is 0 Å². The molecule has 232 valence electrons. The average molecular weight is 639 g/mol. The number of hydrogen-bond acceptors (Lipinski definition) is 2. The fourth-order valence-corrected chi connectivity index (χ4v) is 8.62. The highest BCUT2D eigenvalue weighted by Crippen LogP contribution is 2.51. The summed E-state index contributed by atoms with van der Waals surface area (Å²) in [5.74, 6) is 1.70. The van der Waals surface area contributed by atoms with Gasteiger partial charge in [-0.2, -0.15) is 0 Å². The maximum atomic E-state index is 6.77. The van der Waals surface area contributed by atoms with E-state index in [-0.39, 0.29) is 0 Å². The lowest BCUT2D eigenvalue weighted by Crippen LogP contribution is -2.00. The minimum absolute atomic E-state index is 0.841. The number of nitrogens with zero attached hydrogens (tertiary/aromatic N) is 2. The lowest BCUT2D eigenvalue weighted by atomic mass is 9.92. The predicted octanol–water partition coefficient (Wildman–Crippen LogP) is 12.7. The van der Waals surface area contributed by atoms with Crippen molar-refractivity contribution >= 4 is 76.3 Å². The van der Waals surface area contributed by atoms with Crippen LogP contribution in [0.1, 0.15) is 0 Å². The van der Waals surface area contributed by atoms with E-state index < -0.39 is 0 Å². The molecule has 0 N–H and O–H groups in total. The molecule has 4 heteroatoms. The quantitative estimate of drug-likeness (QED) is 0.189. The van der Waals surface area contributed by atoms with Crippen LogP contribution < -0.4 is 4.74 Å². The van der Waals surface area contributed by atoms with E-state index in [4.69, 9.17) is 9.15 Å². The van der Waals surface area contributed by atoms with Crippen LogP contribution in [0.15, 0.2) is 162 Å². The smallest absolute Gasteiger partial charge is 0.137 e. The summed E-state index contributed by atoms with van der Waals surface area (Å²) in [5.41, 5.74) is 10.8. The molecular formula is C46H26N2O2. The third-order valence-corrected chi connectivity index (χ3v) is 10.7. The Labute approximate surface area is 285 Å². The number of furan rings is 1. The summed E-state index contributed by atoms with van der Waals surface area (Å²) in [5, 5.41) is 9.44. The number of fused-ring (bicyclic) bond motifs is 12. The van der Waals surface area contributed by atoms with Crippen molar-refractivity contribution in [2.75, 3.05) is 0 Å². The molecule has 0 bridgehead atoms. The van der Waals surface area contributed by atoms with Gasteiger partial charge in [-0.15, -0.1) is 0 Å². The van der Waals surface area contributed by atoms with Gasteiger partial charge >= 0.3 is 0 Å². The second kappa shape index (κ2) is 9.43. The van der Waals surface area contributed by atoms with Crippen molar-refractivity contribution in [3.63, 3.8) is 0 Å². The Morgan fingerprint density at radius 3 is 1.50 bits per heavy atom. The van der Waals surface area contributed by atoms with Crippen LogP contribution in [0, 0.1) is 0 Å². The van der Waals surface area contributed by atoms with E-state index >= 15 is 0 Å². The van der Waals surface area contributed by atoms with Gasteiger partial charge < -0.3 is 18.3 Å². The molecule has 0 unspecified atom stereocenters. The minimum atomic E-state index is 0.841. The molecule has 0 spiro atoms. The van der Waals surface area contributed by atoms with Crippen molar-refractivity contribution < 1.29 is 9.15 Å². The number of aromatic nitrogens is 2. The van der Waals surface area contributed by atoms with Crippen LogP contribution in [0.3, 0.4) is 0 Å². The van der Waals surface area contributed by atoms with Gasteiger partial charge in [0.2, 0.25) is 0 Å². The highest BCUT2D eigenvalue weighted by molar-refractivity contribution is 6.24. The summed E-state index contributed by atoms with van der Waals surface area (Å²) in [6, 6.07) is 56.2. The Kier molecular flexibility index (Phi) is 4.94.